The van der Waals surface area contributed by atoms with Gasteiger partial charge < -0.3 is 5.11 Å². The Morgan fingerprint density at radius 2 is 1.92 bits per heavy atom. The summed E-state index contributed by atoms with van der Waals surface area (Å²) in [5, 5.41) is 9.16. The fourth-order valence-corrected chi connectivity index (χ4v) is 4.27. The summed E-state index contributed by atoms with van der Waals surface area (Å²) >= 11 is 0. The van der Waals surface area contributed by atoms with Crippen molar-refractivity contribution < 1.29 is 18.3 Å². The SMILES string of the molecule is Cc1ccccc1C1(NS(=O)(=O)c2cnc(C)c(C(=O)O)c2)CC1. The average Bonchev–Trinajstić information content (AvgIpc) is 3.27. The molecular weight excluding hydrogens is 328 g/mol. The van der Waals surface area contributed by atoms with Gasteiger partial charge in [-0.3, -0.25) is 4.98 Å². The van der Waals surface area contributed by atoms with Gasteiger partial charge in [0.25, 0.3) is 0 Å². The summed E-state index contributed by atoms with van der Waals surface area (Å²) in [5.74, 6) is -1.20. The van der Waals surface area contributed by atoms with E-state index in [0.29, 0.717) is 12.8 Å². The number of carbonyl (C=O) groups is 1. The first kappa shape index (κ1) is 16.6. The minimum absolute atomic E-state index is 0.112. The molecule has 7 heteroatoms. The number of nitrogens with zero attached hydrogens (tertiary/aromatic N) is 1. The van der Waals surface area contributed by atoms with E-state index >= 15 is 0 Å². The van der Waals surface area contributed by atoms with Crippen LogP contribution in [0.1, 0.15) is 40.0 Å². The van der Waals surface area contributed by atoms with Gasteiger partial charge in [0.15, 0.2) is 0 Å². The van der Waals surface area contributed by atoms with Gasteiger partial charge in [0.1, 0.15) is 4.90 Å². The summed E-state index contributed by atoms with van der Waals surface area (Å²) in [5.41, 5.74) is 1.52. The monoisotopic (exact) mass is 346 g/mol. The number of aromatic nitrogens is 1. The van der Waals surface area contributed by atoms with E-state index in [-0.39, 0.29) is 16.2 Å². The molecular formula is C17H18N2O4S. The fraction of sp³-hybridized carbons (Fsp3) is 0.294. The van der Waals surface area contributed by atoms with Crippen LogP contribution in [0.5, 0.6) is 0 Å². The molecule has 0 atom stereocenters. The number of carboxylic acid groups (broad SMARTS) is 1. The minimum atomic E-state index is -3.87. The second kappa shape index (κ2) is 5.68. The molecule has 0 saturated heterocycles. The van der Waals surface area contributed by atoms with Crippen molar-refractivity contribution in [3.05, 3.63) is 58.9 Å². The van der Waals surface area contributed by atoms with Gasteiger partial charge in [-0.15, -0.1) is 0 Å². The highest BCUT2D eigenvalue weighted by atomic mass is 32.2. The third kappa shape index (κ3) is 2.92. The quantitative estimate of drug-likeness (QED) is 0.866. The van der Waals surface area contributed by atoms with Crippen LogP contribution in [-0.2, 0) is 15.6 Å². The Morgan fingerprint density at radius 1 is 1.25 bits per heavy atom. The number of nitrogens with one attached hydrogen (secondary N) is 1. The summed E-state index contributed by atoms with van der Waals surface area (Å²) in [4.78, 5) is 15.0. The maximum Gasteiger partial charge on any atom is 0.337 e. The summed E-state index contributed by atoms with van der Waals surface area (Å²) in [7, 11) is -3.87. The number of carboxylic acids is 1. The zero-order valence-electron chi connectivity index (χ0n) is 13.4. The Balaban J connectivity index is 1.97. The Bertz CT molecular complexity index is 918. The normalized spacial score (nSPS) is 15.9. The standard InChI is InChI=1S/C17H18N2O4S/c1-11-5-3-4-6-15(11)17(7-8-17)19-24(22,23)13-9-14(16(20)21)12(2)18-10-13/h3-6,9-10,19H,7-8H2,1-2H3,(H,20,21). The molecule has 0 radical (unpaired) electrons. The summed E-state index contributed by atoms with van der Waals surface area (Å²) in [6.07, 6.45) is 2.61. The zero-order valence-corrected chi connectivity index (χ0v) is 14.2. The Hall–Kier alpha value is -2.25. The average molecular weight is 346 g/mol. The van der Waals surface area contributed by atoms with Crippen LogP contribution >= 0.6 is 0 Å². The van der Waals surface area contributed by atoms with Gasteiger partial charge in [0.2, 0.25) is 10.0 Å². The van der Waals surface area contributed by atoms with Crippen LogP contribution in [-0.4, -0.2) is 24.5 Å². The molecule has 24 heavy (non-hydrogen) atoms. The fourth-order valence-electron chi connectivity index (χ4n) is 2.85. The van der Waals surface area contributed by atoms with Crippen molar-refractivity contribution in [1.29, 1.82) is 0 Å². The number of aromatic carboxylic acids is 1. The molecule has 6 nitrogen and oxygen atoms in total. The Labute approximate surface area is 140 Å². The van der Waals surface area contributed by atoms with Gasteiger partial charge in [-0.05, 0) is 43.9 Å². The summed E-state index contributed by atoms with van der Waals surface area (Å²) in [6, 6.07) is 8.81. The van der Waals surface area contributed by atoms with Crippen LogP contribution in [0.2, 0.25) is 0 Å². The van der Waals surface area contributed by atoms with Crippen LogP contribution in [0.25, 0.3) is 0 Å². The van der Waals surface area contributed by atoms with Crippen LogP contribution in [0.3, 0.4) is 0 Å². The van der Waals surface area contributed by atoms with Crippen molar-refractivity contribution in [3.8, 4) is 0 Å². The highest BCUT2D eigenvalue weighted by Crippen LogP contribution is 2.47. The van der Waals surface area contributed by atoms with E-state index < -0.39 is 21.5 Å². The Morgan fingerprint density at radius 3 is 2.50 bits per heavy atom. The van der Waals surface area contributed by atoms with Gasteiger partial charge in [0.05, 0.1) is 16.8 Å². The van der Waals surface area contributed by atoms with Crippen molar-refractivity contribution in [2.45, 2.75) is 37.1 Å². The van der Waals surface area contributed by atoms with E-state index in [1.54, 1.807) is 0 Å². The second-order valence-electron chi connectivity index (χ2n) is 6.11. The molecule has 0 aliphatic heterocycles. The molecule has 1 saturated carbocycles. The van der Waals surface area contributed by atoms with Crippen molar-refractivity contribution in [1.82, 2.24) is 9.71 Å². The summed E-state index contributed by atoms with van der Waals surface area (Å²) < 4.78 is 28.2. The topological polar surface area (TPSA) is 96.4 Å². The van der Waals surface area contributed by atoms with Gasteiger partial charge in [0, 0.05) is 6.20 Å². The molecule has 1 aliphatic carbocycles. The van der Waals surface area contributed by atoms with E-state index in [0.717, 1.165) is 17.2 Å². The molecule has 2 aromatic rings. The number of benzene rings is 1. The van der Waals surface area contributed by atoms with Crippen molar-refractivity contribution in [3.63, 3.8) is 0 Å². The van der Waals surface area contributed by atoms with Crippen LogP contribution in [0, 0.1) is 13.8 Å². The molecule has 0 bridgehead atoms. The number of hydrogen-bond acceptors (Lipinski definition) is 4. The number of aryl methyl sites for hydroxylation is 2. The lowest BCUT2D eigenvalue weighted by atomic mass is 10.0. The molecule has 0 amide bonds. The number of sulfonamides is 1. The van der Waals surface area contributed by atoms with E-state index in [4.69, 9.17) is 5.11 Å². The minimum Gasteiger partial charge on any atom is -0.478 e. The van der Waals surface area contributed by atoms with Crippen LogP contribution in [0.15, 0.2) is 41.4 Å². The molecule has 1 aliphatic rings. The molecule has 3 rings (SSSR count). The van der Waals surface area contributed by atoms with E-state index in [1.807, 2.05) is 31.2 Å². The smallest absolute Gasteiger partial charge is 0.337 e. The molecule has 1 aromatic carbocycles. The molecule has 1 fully saturated rings. The predicted molar refractivity (Wildman–Crippen MR) is 88.3 cm³/mol. The number of hydrogen-bond donors (Lipinski definition) is 2. The van der Waals surface area contributed by atoms with Gasteiger partial charge in [-0.1, -0.05) is 24.3 Å². The lowest BCUT2D eigenvalue weighted by molar-refractivity contribution is 0.0695. The molecule has 0 unspecified atom stereocenters. The number of pyridine rings is 1. The largest absolute Gasteiger partial charge is 0.478 e. The van der Waals surface area contributed by atoms with Crippen molar-refractivity contribution in [2.75, 3.05) is 0 Å². The molecule has 2 N–H and O–H groups in total. The summed E-state index contributed by atoms with van der Waals surface area (Å²) in [6.45, 7) is 3.47. The molecule has 1 heterocycles. The second-order valence-corrected chi connectivity index (χ2v) is 7.79. The maximum absolute atomic E-state index is 12.7. The highest BCUT2D eigenvalue weighted by molar-refractivity contribution is 7.89. The van der Waals surface area contributed by atoms with Crippen molar-refractivity contribution >= 4 is 16.0 Å². The lowest BCUT2D eigenvalue weighted by Crippen LogP contribution is -2.35. The molecule has 1 aromatic heterocycles. The third-order valence-corrected chi connectivity index (χ3v) is 5.85. The van der Waals surface area contributed by atoms with Crippen LogP contribution < -0.4 is 4.72 Å². The zero-order chi connectivity index (χ0) is 17.5. The van der Waals surface area contributed by atoms with Gasteiger partial charge in [-0.2, -0.15) is 0 Å². The Kier molecular flexibility index (Phi) is 3.93. The lowest BCUT2D eigenvalue weighted by Gasteiger charge is -2.20. The predicted octanol–water partition coefficient (Wildman–Crippen LogP) is 2.36. The third-order valence-electron chi connectivity index (χ3n) is 4.34. The van der Waals surface area contributed by atoms with E-state index in [1.165, 1.54) is 13.1 Å². The van der Waals surface area contributed by atoms with E-state index in [2.05, 4.69) is 9.71 Å². The van der Waals surface area contributed by atoms with Crippen LogP contribution in [0.4, 0.5) is 0 Å². The van der Waals surface area contributed by atoms with Crippen molar-refractivity contribution in [2.24, 2.45) is 0 Å². The van der Waals surface area contributed by atoms with Gasteiger partial charge in [-0.25, -0.2) is 17.9 Å². The molecule has 0 spiro atoms. The first-order chi connectivity index (χ1) is 11.3. The first-order valence-corrected chi connectivity index (χ1v) is 9.03. The maximum atomic E-state index is 12.7. The molecule has 126 valence electrons. The highest BCUT2D eigenvalue weighted by Gasteiger charge is 2.48. The van der Waals surface area contributed by atoms with Gasteiger partial charge >= 0.3 is 5.97 Å². The van der Waals surface area contributed by atoms with E-state index in [9.17, 15) is 13.2 Å². The first-order valence-electron chi connectivity index (χ1n) is 7.55. The number of rotatable bonds is 5.